The molecule has 0 aromatic carbocycles. The van der Waals surface area contributed by atoms with Crippen molar-refractivity contribution in [2.45, 2.75) is 27.7 Å². The molecule has 6 heteroatoms. The summed E-state index contributed by atoms with van der Waals surface area (Å²) in [6, 6.07) is 0. The average molecular weight is 292 g/mol. The van der Waals surface area contributed by atoms with Crippen molar-refractivity contribution in [2.24, 2.45) is 0 Å². The van der Waals surface area contributed by atoms with Crippen LogP contribution in [0.3, 0.4) is 0 Å². The summed E-state index contributed by atoms with van der Waals surface area (Å²) in [4.78, 5) is 19.1. The van der Waals surface area contributed by atoms with Crippen molar-refractivity contribution >= 4 is 18.2 Å². The molecule has 0 bridgehead atoms. The topological polar surface area (TPSA) is 68.1 Å². The van der Waals surface area contributed by atoms with Crippen molar-refractivity contribution in [1.82, 2.24) is 9.97 Å². The number of nitrogens with one attached hydrogen (secondary N) is 1. The Labute approximate surface area is 122 Å². The normalized spacial score (nSPS) is 10.7. The van der Waals surface area contributed by atoms with Gasteiger partial charge in [-0.2, -0.15) is 0 Å². The van der Waals surface area contributed by atoms with Crippen LogP contribution in [0.25, 0.3) is 11.4 Å². The molecule has 0 fully saturated rings. The molecule has 2 aromatic heterocycles. The van der Waals surface area contributed by atoms with Gasteiger partial charge in [0.05, 0.1) is 12.7 Å². The molecule has 0 unspecified atom stereocenters. The maximum Gasteiger partial charge on any atom is 0.342 e. The smallest absolute Gasteiger partial charge is 0.342 e. The first kappa shape index (κ1) is 14.5. The molecular formula is C14H16N2O3S. The predicted molar refractivity (Wildman–Crippen MR) is 77.4 cm³/mol. The summed E-state index contributed by atoms with van der Waals surface area (Å²) in [5.41, 5.74) is 2.81. The molecule has 0 atom stereocenters. The second-order valence-corrected chi connectivity index (χ2v) is 4.98. The molecule has 0 amide bonds. The summed E-state index contributed by atoms with van der Waals surface area (Å²) >= 11 is 5.20. The lowest BCUT2D eigenvalue weighted by Crippen LogP contribution is -2.09. The third-order valence-corrected chi connectivity index (χ3v) is 3.59. The zero-order valence-electron chi connectivity index (χ0n) is 12.1. The van der Waals surface area contributed by atoms with Crippen LogP contribution in [0.1, 0.15) is 33.1 Å². The van der Waals surface area contributed by atoms with Gasteiger partial charge in [0.25, 0.3) is 0 Å². The van der Waals surface area contributed by atoms with Crippen LogP contribution in [0, 0.1) is 32.3 Å². The Morgan fingerprint density at radius 3 is 2.35 bits per heavy atom. The van der Waals surface area contributed by atoms with Crippen molar-refractivity contribution in [3.63, 3.8) is 0 Å². The number of hydrogen-bond acceptors (Lipinski definition) is 5. The number of aryl methyl sites for hydroxylation is 3. The first-order valence-corrected chi connectivity index (χ1v) is 6.53. The summed E-state index contributed by atoms with van der Waals surface area (Å²) in [5.74, 6) is 1.73. The van der Waals surface area contributed by atoms with Gasteiger partial charge in [0, 0.05) is 11.3 Å². The second-order valence-electron chi connectivity index (χ2n) is 4.60. The minimum atomic E-state index is -0.486. The molecule has 0 aliphatic rings. The van der Waals surface area contributed by atoms with E-state index in [1.807, 2.05) is 20.8 Å². The summed E-state index contributed by atoms with van der Waals surface area (Å²) in [5, 5.41) is 0. The van der Waals surface area contributed by atoms with Gasteiger partial charge in [-0.15, -0.1) is 0 Å². The molecule has 0 aliphatic heterocycles. The summed E-state index contributed by atoms with van der Waals surface area (Å²) < 4.78 is 10.5. The van der Waals surface area contributed by atoms with Crippen molar-refractivity contribution in [2.75, 3.05) is 7.11 Å². The van der Waals surface area contributed by atoms with E-state index in [2.05, 4.69) is 9.97 Å². The Morgan fingerprint density at radius 2 is 1.90 bits per heavy atom. The Morgan fingerprint density at radius 1 is 1.25 bits per heavy atom. The van der Waals surface area contributed by atoms with Gasteiger partial charge in [0.15, 0.2) is 0 Å². The van der Waals surface area contributed by atoms with E-state index in [1.165, 1.54) is 7.11 Å². The number of hydrogen-bond donors (Lipinski definition) is 1. The third-order valence-electron chi connectivity index (χ3n) is 3.30. The van der Waals surface area contributed by atoms with Crippen LogP contribution in [0.15, 0.2) is 4.42 Å². The number of carbonyl (C=O) groups is 1. The van der Waals surface area contributed by atoms with Gasteiger partial charge < -0.3 is 14.1 Å². The number of ether oxygens (including phenoxy) is 1. The summed E-state index contributed by atoms with van der Waals surface area (Å²) in [6.07, 6.45) is 0. The van der Waals surface area contributed by atoms with E-state index in [4.69, 9.17) is 21.4 Å². The molecule has 2 aromatic rings. The first-order valence-electron chi connectivity index (χ1n) is 6.13. The third kappa shape index (κ3) is 2.27. The molecule has 20 heavy (non-hydrogen) atoms. The number of methoxy groups -OCH3 is 1. The van der Waals surface area contributed by atoms with Crippen molar-refractivity contribution < 1.29 is 13.9 Å². The molecule has 0 saturated carbocycles. The van der Waals surface area contributed by atoms with Gasteiger partial charge in [-0.1, -0.05) is 12.2 Å². The number of aromatic nitrogens is 2. The fourth-order valence-electron chi connectivity index (χ4n) is 2.19. The van der Waals surface area contributed by atoms with E-state index in [-0.39, 0.29) is 4.64 Å². The highest BCUT2D eigenvalue weighted by Gasteiger charge is 2.19. The first-order chi connectivity index (χ1) is 9.36. The van der Waals surface area contributed by atoms with Gasteiger partial charge in [-0.05, 0) is 27.7 Å². The number of aromatic amines is 1. The van der Waals surface area contributed by atoms with Crippen molar-refractivity contribution in [3.8, 4) is 11.4 Å². The predicted octanol–water partition coefficient (Wildman–Crippen LogP) is 3.42. The summed E-state index contributed by atoms with van der Waals surface area (Å²) in [6.45, 7) is 7.50. The zero-order valence-corrected chi connectivity index (χ0v) is 12.9. The Balaban J connectivity index is 2.67. The highest BCUT2D eigenvalue weighted by molar-refractivity contribution is 7.71. The Hall–Kier alpha value is -1.95. The lowest BCUT2D eigenvalue weighted by Gasteiger charge is -2.07. The number of H-pyrrole nitrogens is 1. The number of furan rings is 1. The molecule has 5 nitrogen and oxygen atoms in total. The molecular weight excluding hydrogens is 276 g/mol. The fraction of sp³-hybridized carbons (Fsp3) is 0.357. The second kappa shape index (κ2) is 5.20. The number of rotatable bonds is 2. The number of carbonyl (C=O) groups excluding carboxylic acids is 1. The van der Waals surface area contributed by atoms with Crippen LogP contribution in [-0.2, 0) is 4.74 Å². The monoisotopic (exact) mass is 292 g/mol. The Kier molecular flexibility index (Phi) is 3.76. The minimum absolute atomic E-state index is 0.223. The maximum absolute atomic E-state index is 11.7. The largest absolute Gasteiger partial charge is 0.466 e. The van der Waals surface area contributed by atoms with Crippen molar-refractivity contribution in [1.29, 1.82) is 0 Å². The van der Waals surface area contributed by atoms with E-state index in [0.717, 1.165) is 22.6 Å². The lowest BCUT2D eigenvalue weighted by molar-refractivity contribution is 0.0598. The quantitative estimate of drug-likeness (QED) is 0.678. The lowest BCUT2D eigenvalue weighted by atomic mass is 10.1. The van der Waals surface area contributed by atoms with Gasteiger partial charge in [0.2, 0.25) is 0 Å². The van der Waals surface area contributed by atoms with Gasteiger partial charge >= 0.3 is 5.97 Å². The molecule has 106 valence electrons. The highest BCUT2D eigenvalue weighted by atomic mass is 32.1. The van der Waals surface area contributed by atoms with Gasteiger partial charge in [-0.25, -0.2) is 9.78 Å². The van der Waals surface area contributed by atoms with E-state index in [1.54, 1.807) is 6.92 Å². The van der Waals surface area contributed by atoms with Crippen molar-refractivity contribution in [3.05, 3.63) is 33.0 Å². The Bertz CT molecular complexity index is 744. The molecule has 1 N–H and O–H groups in total. The molecule has 0 saturated heterocycles. The molecule has 2 rings (SSSR count). The van der Waals surface area contributed by atoms with Crippen LogP contribution < -0.4 is 0 Å². The van der Waals surface area contributed by atoms with E-state index < -0.39 is 5.97 Å². The average Bonchev–Trinajstić information content (AvgIpc) is 2.62. The number of esters is 1. The van der Waals surface area contributed by atoms with Crippen LogP contribution in [0.4, 0.5) is 0 Å². The molecule has 0 spiro atoms. The maximum atomic E-state index is 11.7. The van der Waals surface area contributed by atoms with E-state index >= 15 is 0 Å². The van der Waals surface area contributed by atoms with E-state index in [9.17, 15) is 4.79 Å². The van der Waals surface area contributed by atoms with Gasteiger partial charge in [-0.3, -0.25) is 0 Å². The van der Waals surface area contributed by atoms with E-state index in [0.29, 0.717) is 17.1 Å². The standard InChI is InChI=1S/C14H16N2O3S/c1-6-8(3)19-9(4)10(6)12-15-7(2)11(13(20)16-12)14(17)18-5/h1-5H3,(H,15,16,20). The number of nitrogens with zero attached hydrogens (tertiary/aromatic N) is 1. The molecule has 2 heterocycles. The SMILES string of the molecule is COC(=O)c1c(C)[nH]c(-c2c(C)oc(C)c2C)nc1=S. The molecule has 0 aliphatic carbocycles. The van der Waals surface area contributed by atoms with Crippen LogP contribution in [0.2, 0.25) is 0 Å². The van der Waals surface area contributed by atoms with Gasteiger partial charge in [0.1, 0.15) is 27.5 Å². The zero-order chi connectivity index (χ0) is 15.0. The molecule has 0 radical (unpaired) electrons. The van der Waals surface area contributed by atoms with Crippen LogP contribution >= 0.6 is 12.2 Å². The van der Waals surface area contributed by atoms with Crippen LogP contribution in [-0.4, -0.2) is 23.0 Å². The minimum Gasteiger partial charge on any atom is -0.466 e. The summed E-state index contributed by atoms with van der Waals surface area (Å²) in [7, 11) is 1.32. The fourth-order valence-corrected chi connectivity index (χ4v) is 2.52. The highest BCUT2D eigenvalue weighted by Crippen LogP contribution is 2.29. The van der Waals surface area contributed by atoms with Crippen LogP contribution in [0.5, 0.6) is 0 Å².